The molecule has 0 aliphatic rings. The Kier molecular flexibility index (Phi) is 5.68. The van der Waals surface area contributed by atoms with Gasteiger partial charge in [0.05, 0.1) is 5.69 Å². The van der Waals surface area contributed by atoms with Gasteiger partial charge >= 0.3 is 5.97 Å². The summed E-state index contributed by atoms with van der Waals surface area (Å²) in [6.07, 6.45) is 1.92. The van der Waals surface area contributed by atoms with E-state index < -0.39 is 11.9 Å². The number of esters is 1. The number of amides is 1. The molecule has 1 amide bonds. The van der Waals surface area contributed by atoms with Crippen molar-refractivity contribution in [3.05, 3.63) is 58.3 Å². The van der Waals surface area contributed by atoms with Crippen molar-refractivity contribution in [3.8, 4) is 0 Å². The summed E-state index contributed by atoms with van der Waals surface area (Å²) in [4.78, 5) is 25.3. The van der Waals surface area contributed by atoms with Crippen molar-refractivity contribution in [3.63, 3.8) is 0 Å². The number of furan rings is 1. The summed E-state index contributed by atoms with van der Waals surface area (Å²) in [6.45, 7) is 1.39. The number of carbonyl (C=O) groups excluding carboxylic acids is 2. The van der Waals surface area contributed by atoms with Crippen molar-refractivity contribution in [2.24, 2.45) is 0 Å². The molecule has 3 aromatic rings. The van der Waals surface area contributed by atoms with E-state index in [1.165, 1.54) is 11.8 Å². The number of benzene rings is 2. The lowest BCUT2D eigenvalue weighted by Gasteiger charge is -2.09. The number of carbonyl (C=O) groups is 2. The van der Waals surface area contributed by atoms with Gasteiger partial charge < -0.3 is 14.5 Å². The van der Waals surface area contributed by atoms with Gasteiger partial charge in [-0.2, -0.15) is 0 Å². The average Bonchev–Trinajstić information content (AvgIpc) is 2.96. The highest BCUT2D eigenvalue weighted by Crippen LogP contribution is 2.28. The summed E-state index contributed by atoms with van der Waals surface area (Å²) in [5.74, 6) is -0.963. The van der Waals surface area contributed by atoms with E-state index in [9.17, 15) is 9.59 Å². The van der Waals surface area contributed by atoms with Crippen LogP contribution in [0.2, 0.25) is 0 Å². The Morgan fingerprint density at radius 3 is 2.77 bits per heavy atom. The summed E-state index contributed by atoms with van der Waals surface area (Å²) in [6, 6.07) is 12.9. The molecule has 1 aromatic heterocycles. The van der Waals surface area contributed by atoms with E-state index in [1.807, 2.05) is 36.6 Å². The summed E-state index contributed by atoms with van der Waals surface area (Å²) in [5, 5.41) is 3.57. The van der Waals surface area contributed by atoms with Crippen LogP contribution in [0.1, 0.15) is 16.1 Å². The van der Waals surface area contributed by atoms with Crippen LogP contribution in [0.25, 0.3) is 11.0 Å². The third-order valence-electron chi connectivity index (χ3n) is 3.80. The Morgan fingerprint density at radius 2 is 2.00 bits per heavy atom. The van der Waals surface area contributed by atoms with Crippen LogP contribution in [-0.4, -0.2) is 24.7 Å². The number of nitrogens with one attached hydrogen (secondary N) is 1. The van der Waals surface area contributed by atoms with Crippen LogP contribution in [-0.2, 0) is 9.53 Å². The molecule has 0 fully saturated rings. The lowest BCUT2D eigenvalue weighted by molar-refractivity contribution is -0.119. The first-order valence-electron chi connectivity index (χ1n) is 7.78. The summed E-state index contributed by atoms with van der Waals surface area (Å²) in [5.41, 5.74) is 1.96. The Hall–Kier alpha value is -2.25. The standard InChI is InChI=1S/C19H16BrNO4S/c1-11-13-9-12(20)7-8-15(13)25-18(11)19(23)24-10-17(22)21-14-5-3-4-6-16(14)26-2/h3-9H,10H2,1-2H3,(H,21,22). The van der Waals surface area contributed by atoms with Crippen molar-refractivity contribution in [2.45, 2.75) is 11.8 Å². The van der Waals surface area contributed by atoms with Gasteiger partial charge in [-0.05, 0) is 43.5 Å². The molecule has 0 unspecified atom stereocenters. The molecule has 1 N–H and O–H groups in total. The fourth-order valence-corrected chi connectivity index (χ4v) is 3.43. The topological polar surface area (TPSA) is 68.5 Å². The second kappa shape index (κ2) is 7.97. The van der Waals surface area contributed by atoms with Crippen LogP contribution in [0.3, 0.4) is 0 Å². The molecule has 0 spiro atoms. The highest BCUT2D eigenvalue weighted by molar-refractivity contribution is 9.10. The van der Waals surface area contributed by atoms with Crippen molar-refractivity contribution in [2.75, 3.05) is 18.2 Å². The van der Waals surface area contributed by atoms with Gasteiger partial charge in [0.15, 0.2) is 6.61 Å². The molecule has 134 valence electrons. The highest BCUT2D eigenvalue weighted by atomic mass is 79.9. The van der Waals surface area contributed by atoms with E-state index >= 15 is 0 Å². The lowest BCUT2D eigenvalue weighted by Crippen LogP contribution is -2.21. The number of thioether (sulfide) groups is 1. The van der Waals surface area contributed by atoms with Crippen LogP contribution in [0.15, 0.2) is 56.2 Å². The van der Waals surface area contributed by atoms with Crippen LogP contribution in [0.4, 0.5) is 5.69 Å². The molecule has 0 saturated heterocycles. The Labute approximate surface area is 163 Å². The van der Waals surface area contributed by atoms with Crippen molar-refractivity contribution < 1.29 is 18.7 Å². The third kappa shape index (κ3) is 3.94. The van der Waals surface area contributed by atoms with Crippen molar-refractivity contribution in [1.29, 1.82) is 0 Å². The first kappa shape index (κ1) is 18.5. The number of anilines is 1. The fraction of sp³-hybridized carbons (Fsp3) is 0.158. The monoisotopic (exact) mass is 433 g/mol. The minimum Gasteiger partial charge on any atom is -0.450 e. The first-order valence-corrected chi connectivity index (χ1v) is 9.80. The Morgan fingerprint density at radius 1 is 1.23 bits per heavy atom. The molecule has 0 atom stereocenters. The predicted octanol–water partition coefficient (Wildman–Crippen LogP) is 5.02. The molecule has 0 saturated carbocycles. The first-order chi connectivity index (χ1) is 12.5. The number of para-hydroxylation sites is 1. The molecule has 26 heavy (non-hydrogen) atoms. The van der Waals surface area contributed by atoms with E-state index in [4.69, 9.17) is 9.15 Å². The summed E-state index contributed by atoms with van der Waals surface area (Å²) < 4.78 is 11.6. The number of hydrogen-bond acceptors (Lipinski definition) is 5. The van der Waals surface area contributed by atoms with Gasteiger partial charge in [-0.25, -0.2) is 4.79 Å². The van der Waals surface area contributed by atoms with Crippen LogP contribution in [0, 0.1) is 6.92 Å². The van der Waals surface area contributed by atoms with Gasteiger partial charge in [-0.15, -0.1) is 11.8 Å². The van der Waals surface area contributed by atoms with E-state index in [0.717, 1.165) is 14.8 Å². The maximum Gasteiger partial charge on any atom is 0.375 e. The smallest absolute Gasteiger partial charge is 0.375 e. The largest absolute Gasteiger partial charge is 0.450 e. The molecule has 5 nitrogen and oxygen atoms in total. The zero-order valence-corrected chi connectivity index (χ0v) is 16.6. The SMILES string of the molecule is CSc1ccccc1NC(=O)COC(=O)c1oc2ccc(Br)cc2c1C. The van der Waals surface area contributed by atoms with Crippen LogP contribution < -0.4 is 5.32 Å². The van der Waals surface area contributed by atoms with Gasteiger partial charge in [0, 0.05) is 20.3 Å². The highest BCUT2D eigenvalue weighted by Gasteiger charge is 2.20. The van der Waals surface area contributed by atoms with Gasteiger partial charge in [-0.3, -0.25) is 4.79 Å². The molecule has 1 heterocycles. The molecule has 0 radical (unpaired) electrons. The lowest BCUT2D eigenvalue weighted by atomic mass is 10.1. The van der Waals surface area contributed by atoms with E-state index in [2.05, 4.69) is 21.2 Å². The molecular weight excluding hydrogens is 418 g/mol. The summed E-state index contributed by atoms with van der Waals surface area (Å²) >= 11 is 4.92. The molecule has 2 aromatic carbocycles. The van der Waals surface area contributed by atoms with Gasteiger partial charge in [0.1, 0.15) is 5.58 Å². The quantitative estimate of drug-likeness (QED) is 0.451. The molecule has 7 heteroatoms. The number of aryl methyl sites for hydroxylation is 1. The van der Waals surface area contributed by atoms with E-state index in [0.29, 0.717) is 16.8 Å². The zero-order chi connectivity index (χ0) is 18.7. The van der Waals surface area contributed by atoms with Gasteiger partial charge in [-0.1, -0.05) is 28.1 Å². The Bertz CT molecular complexity index is 983. The molecule has 3 rings (SSSR count). The van der Waals surface area contributed by atoms with Crippen molar-refractivity contribution >= 4 is 56.2 Å². The summed E-state index contributed by atoms with van der Waals surface area (Å²) in [7, 11) is 0. The second-order valence-corrected chi connectivity index (χ2v) is 7.29. The van der Waals surface area contributed by atoms with E-state index in [1.54, 1.807) is 19.1 Å². The third-order valence-corrected chi connectivity index (χ3v) is 5.09. The molecular formula is C19H16BrNO4S. The number of halogens is 1. The minimum atomic E-state index is -0.664. The number of hydrogen-bond donors (Lipinski definition) is 1. The normalized spacial score (nSPS) is 10.7. The van der Waals surface area contributed by atoms with Gasteiger partial charge in [0.2, 0.25) is 5.76 Å². The maximum absolute atomic E-state index is 12.3. The predicted molar refractivity (Wildman–Crippen MR) is 106 cm³/mol. The number of ether oxygens (including phenoxy) is 1. The number of fused-ring (bicyclic) bond motifs is 1. The molecule has 0 aliphatic heterocycles. The molecule has 0 aliphatic carbocycles. The second-order valence-electron chi connectivity index (χ2n) is 5.52. The maximum atomic E-state index is 12.3. The fourth-order valence-electron chi connectivity index (χ4n) is 2.52. The zero-order valence-electron chi connectivity index (χ0n) is 14.2. The van der Waals surface area contributed by atoms with Crippen molar-refractivity contribution in [1.82, 2.24) is 0 Å². The Balaban J connectivity index is 1.67. The molecule has 0 bridgehead atoms. The number of rotatable bonds is 5. The van der Waals surface area contributed by atoms with Crippen LogP contribution in [0.5, 0.6) is 0 Å². The van der Waals surface area contributed by atoms with E-state index in [-0.39, 0.29) is 12.4 Å². The minimum absolute atomic E-state index is 0.107. The van der Waals surface area contributed by atoms with Crippen LogP contribution >= 0.6 is 27.7 Å². The van der Waals surface area contributed by atoms with Gasteiger partial charge in [0.25, 0.3) is 5.91 Å². The average molecular weight is 434 g/mol.